The van der Waals surface area contributed by atoms with Gasteiger partial charge in [-0.25, -0.2) is 14.8 Å². The molecule has 23 heavy (non-hydrogen) atoms. The van der Waals surface area contributed by atoms with Crippen molar-refractivity contribution in [3.63, 3.8) is 0 Å². The Bertz CT molecular complexity index is 643. The molecule has 2 aromatic rings. The van der Waals surface area contributed by atoms with Crippen molar-refractivity contribution in [2.24, 2.45) is 0 Å². The Balaban J connectivity index is 1.77. The Hall–Kier alpha value is -2.57. The van der Waals surface area contributed by atoms with E-state index in [2.05, 4.69) is 20.6 Å². The van der Waals surface area contributed by atoms with Crippen molar-refractivity contribution in [3.05, 3.63) is 36.5 Å². The molecule has 0 radical (unpaired) electrons. The number of imidazole rings is 1. The number of carbonyl (C=O) groups excluding carboxylic acids is 1. The molecule has 0 aliphatic carbocycles. The van der Waals surface area contributed by atoms with Gasteiger partial charge in [0, 0.05) is 25.5 Å². The number of aromatic nitrogens is 3. The summed E-state index contributed by atoms with van der Waals surface area (Å²) >= 11 is 0. The van der Waals surface area contributed by atoms with E-state index < -0.39 is 11.7 Å². The van der Waals surface area contributed by atoms with Gasteiger partial charge in [-0.2, -0.15) is 0 Å². The van der Waals surface area contributed by atoms with E-state index in [0.29, 0.717) is 13.1 Å². The summed E-state index contributed by atoms with van der Waals surface area (Å²) in [6.45, 7) is 8.48. The fraction of sp³-hybridized carbons (Fsp3) is 0.438. The molecular formula is C16H23N5O2. The van der Waals surface area contributed by atoms with Crippen LogP contribution in [0.15, 0.2) is 30.7 Å². The molecule has 0 spiro atoms. The molecule has 0 aromatic carbocycles. The molecule has 0 fully saturated rings. The molecule has 0 saturated heterocycles. The molecule has 0 bridgehead atoms. The third-order valence-corrected chi connectivity index (χ3v) is 2.94. The van der Waals surface area contributed by atoms with Gasteiger partial charge in [-0.15, -0.1) is 0 Å². The predicted octanol–water partition coefficient (Wildman–Crippen LogP) is 2.51. The monoisotopic (exact) mass is 317 g/mol. The largest absolute Gasteiger partial charge is 0.444 e. The van der Waals surface area contributed by atoms with Gasteiger partial charge in [-0.3, -0.25) is 4.57 Å². The smallest absolute Gasteiger partial charge is 0.407 e. The van der Waals surface area contributed by atoms with Crippen LogP contribution >= 0.6 is 0 Å². The van der Waals surface area contributed by atoms with Crippen molar-refractivity contribution in [1.82, 2.24) is 19.9 Å². The molecule has 7 heteroatoms. The van der Waals surface area contributed by atoms with Crippen molar-refractivity contribution in [2.45, 2.75) is 33.3 Å². The second kappa shape index (κ2) is 7.13. The van der Waals surface area contributed by atoms with Gasteiger partial charge in [-0.1, -0.05) is 0 Å². The third-order valence-electron chi connectivity index (χ3n) is 2.94. The molecule has 0 aliphatic heterocycles. The minimum absolute atomic E-state index is 0.414. The number of nitrogens with zero attached hydrogens (tertiary/aromatic N) is 3. The second-order valence-corrected chi connectivity index (χ2v) is 6.10. The summed E-state index contributed by atoms with van der Waals surface area (Å²) in [5.41, 5.74) is 0.403. The first-order chi connectivity index (χ1) is 10.8. The van der Waals surface area contributed by atoms with Gasteiger partial charge in [-0.05, 0) is 39.8 Å². The molecule has 0 saturated carbocycles. The maximum atomic E-state index is 11.5. The molecule has 2 heterocycles. The first-order valence-electron chi connectivity index (χ1n) is 7.52. The first-order valence-corrected chi connectivity index (χ1v) is 7.52. The summed E-state index contributed by atoms with van der Waals surface area (Å²) < 4.78 is 7.07. The van der Waals surface area contributed by atoms with E-state index in [1.54, 1.807) is 12.4 Å². The number of ether oxygens (including phenoxy) is 1. The van der Waals surface area contributed by atoms with Crippen LogP contribution < -0.4 is 10.6 Å². The van der Waals surface area contributed by atoms with Gasteiger partial charge in [0.2, 0.25) is 0 Å². The van der Waals surface area contributed by atoms with Gasteiger partial charge in [0.05, 0.1) is 11.9 Å². The van der Waals surface area contributed by atoms with Crippen LogP contribution in [-0.4, -0.2) is 39.3 Å². The molecule has 124 valence electrons. The van der Waals surface area contributed by atoms with Crippen LogP contribution in [0.25, 0.3) is 5.82 Å². The van der Waals surface area contributed by atoms with Crippen molar-refractivity contribution >= 4 is 11.8 Å². The van der Waals surface area contributed by atoms with Crippen LogP contribution in [-0.2, 0) is 4.74 Å². The molecule has 0 aliphatic rings. The summed E-state index contributed by atoms with van der Waals surface area (Å²) in [5, 5.41) is 5.89. The Morgan fingerprint density at radius 3 is 2.61 bits per heavy atom. The van der Waals surface area contributed by atoms with Crippen LogP contribution in [0.4, 0.5) is 10.5 Å². The molecule has 0 atom stereocenters. The summed E-state index contributed by atoms with van der Waals surface area (Å²) in [6, 6.07) is 3.85. The SMILES string of the molecule is Cc1nccn1-c1ccc(NCCNC(=O)OC(C)(C)C)cn1. The van der Waals surface area contributed by atoms with Crippen LogP contribution in [0, 0.1) is 6.92 Å². The number of pyridine rings is 1. The van der Waals surface area contributed by atoms with Crippen molar-refractivity contribution in [1.29, 1.82) is 0 Å². The third kappa shape index (κ3) is 5.28. The topological polar surface area (TPSA) is 81.1 Å². The summed E-state index contributed by atoms with van der Waals surface area (Å²) in [5.74, 6) is 1.71. The summed E-state index contributed by atoms with van der Waals surface area (Å²) in [4.78, 5) is 20.1. The molecule has 0 unspecified atom stereocenters. The average Bonchev–Trinajstić information content (AvgIpc) is 2.89. The Kier molecular flexibility index (Phi) is 5.20. The Morgan fingerprint density at radius 1 is 1.26 bits per heavy atom. The first kappa shape index (κ1) is 16.8. The minimum Gasteiger partial charge on any atom is -0.444 e. The average molecular weight is 317 g/mol. The number of aryl methyl sites for hydroxylation is 1. The van der Waals surface area contributed by atoms with Crippen LogP contribution in [0.2, 0.25) is 0 Å². The van der Waals surface area contributed by atoms with Gasteiger partial charge >= 0.3 is 6.09 Å². The highest BCUT2D eigenvalue weighted by Gasteiger charge is 2.15. The van der Waals surface area contributed by atoms with E-state index >= 15 is 0 Å². The number of hydrogen-bond donors (Lipinski definition) is 2. The lowest BCUT2D eigenvalue weighted by Gasteiger charge is -2.19. The number of alkyl carbamates (subject to hydrolysis) is 1. The second-order valence-electron chi connectivity index (χ2n) is 6.10. The number of rotatable bonds is 5. The molecule has 1 amide bonds. The lowest BCUT2D eigenvalue weighted by Crippen LogP contribution is -2.35. The molecule has 2 rings (SSSR count). The maximum absolute atomic E-state index is 11.5. The lowest BCUT2D eigenvalue weighted by atomic mass is 10.2. The number of amides is 1. The highest BCUT2D eigenvalue weighted by atomic mass is 16.6. The van der Waals surface area contributed by atoms with E-state index in [1.807, 2.05) is 50.6 Å². The fourth-order valence-corrected chi connectivity index (χ4v) is 1.94. The standard InChI is InChI=1S/C16H23N5O2/c1-12-17-9-10-21(12)14-6-5-13(11-20-14)18-7-8-19-15(22)23-16(2,3)4/h5-6,9-11,18H,7-8H2,1-4H3,(H,19,22). The number of hydrogen-bond acceptors (Lipinski definition) is 5. The lowest BCUT2D eigenvalue weighted by molar-refractivity contribution is 0.0530. The minimum atomic E-state index is -0.483. The zero-order valence-electron chi connectivity index (χ0n) is 14.0. The highest BCUT2D eigenvalue weighted by molar-refractivity contribution is 5.67. The van der Waals surface area contributed by atoms with E-state index in [0.717, 1.165) is 17.3 Å². The van der Waals surface area contributed by atoms with E-state index in [4.69, 9.17) is 4.74 Å². The summed E-state index contributed by atoms with van der Waals surface area (Å²) in [6.07, 6.45) is 4.95. The van der Waals surface area contributed by atoms with Crippen LogP contribution in [0.1, 0.15) is 26.6 Å². The zero-order valence-corrected chi connectivity index (χ0v) is 14.0. The normalized spacial score (nSPS) is 11.1. The fourth-order valence-electron chi connectivity index (χ4n) is 1.94. The Morgan fingerprint density at radius 2 is 2.04 bits per heavy atom. The van der Waals surface area contributed by atoms with Gasteiger partial charge < -0.3 is 15.4 Å². The number of carbonyl (C=O) groups is 1. The van der Waals surface area contributed by atoms with Crippen molar-refractivity contribution < 1.29 is 9.53 Å². The predicted molar refractivity (Wildman–Crippen MR) is 88.8 cm³/mol. The van der Waals surface area contributed by atoms with Gasteiger partial charge in [0.1, 0.15) is 17.2 Å². The number of nitrogens with one attached hydrogen (secondary N) is 2. The maximum Gasteiger partial charge on any atom is 0.407 e. The van der Waals surface area contributed by atoms with Gasteiger partial charge in [0.15, 0.2) is 0 Å². The van der Waals surface area contributed by atoms with Gasteiger partial charge in [0.25, 0.3) is 0 Å². The zero-order chi connectivity index (χ0) is 16.9. The number of anilines is 1. The van der Waals surface area contributed by atoms with Crippen molar-refractivity contribution in [3.8, 4) is 5.82 Å². The molecule has 7 nitrogen and oxygen atoms in total. The van der Waals surface area contributed by atoms with Crippen LogP contribution in [0.5, 0.6) is 0 Å². The molecule has 2 N–H and O–H groups in total. The molecule has 2 aromatic heterocycles. The Labute approximate surface area is 136 Å². The highest BCUT2D eigenvalue weighted by Crippen LogP contribution is 2.11. The van der Waals surface area contributed by atoms with E-state index in [9.17, 15) is 4.79 Å². The van der Waals surface area contributed by atoms with E-state index in [1.165, 1.54) is 0 Å². The summed E-state index contributed by atoms with van der Waals surface area (Å²) in [7, 11) is 0. The van der Waals surface area contributed by atoms with E-state index in [-0.39, 0.29) is 0 Å². The molecular weight excluding hydrogens is 294 g/mol. The van der Waals surface area contributed by atoms with Crippen molar-refractivity contribution in [2.75, 3.05) is 18.4 Å². The quantitative estimate of drug-likeness (QED) is 0.828. The van der Waals surface area contributed by atoms with Crippen LogP contribution in [0.3, 0.4) is 0 Å².